The Morgan fingerprint density at radius 1 is 1.29 bits per heavy atom. The SMILES string of the molecule is C/C=C/c1cnc2c(c1)[nH]c1cc(OCCCF)ccc12. The molecule has 3 rings (SSSR count). The van der Waals surface area contributed by atoms with Crippen molar-refractivity contribution >= 4 is 28.0 Å². The van der Waals surface area contributed by atoms with Crippen molar-refractivity contribution in [3.05, 3.63) is 42.1 Å². The largest absolute Gasteiger partial charge is 0.493 e. The van der Waals surface area contributed by atoms with Crippen LogP contribution in [-0.2, 0) is 0 Å². The van der Waals surface area contributed by atoms with Gasteiger partial charge in [-0.15, -0.1) is 0 Å². The highest BCUT2D eigenvalue weighted by atomic mass is 19.1. The normalized spacial score (nSPS) is 11.7. The molecule has 2 aromatic heterocycles. The Kier molecular flexibility index (Phi) is 3.86. The van der Waals surface area contributed by atoms with Gasteiger partial charge in [0.15, 0.2) is 0 Å². The smallest absolute Gasteiger partial charge is 0.121 e. The highest BCUT2D eigenvalue weighted by Gasteiger charge is 2.07. The first-order valence-corrected chi connectivity index (χ1v) is 7.05. The number of hydrogen-bond acceptors (Lipinski definition) is 2. The average molecular weight is 284 g/mol. The third-order valence-corrected chi connectivity index (χ3v) is 3.33. The Morgan fingerprint density at radius 2 is 2.19 bits per heavy atom. The Morgan fingerprint density at radius 3 is 3.00 bits per heavy atom. The number of hydrogen-bond donors (Lipinski definition) is 1. The number of H-pyrrole nitrogens is 1. The molecule has 0 bridgehead atoms. The lowest BCUT2D eigenvalue weighted by Gasteiger charge is -2.04. The van der Waals surface area contributed by atoms with Crippen molar-refractivity contribution in [1.82, 2.24) is 9.97 Å². The van der Waals surface area contributed by atoms with Gasteiger partial charge in [-0.2, -0.15) is 0 Å². The van der Waals surface area contributed by atoms with Crippen LogP contribution < -0.4 is 4.74 Å². The molecule has 1 aromatic carbocycles. The van der Waals surface area contributed by atoms with Gasteiger partial charge in [0.2, 0.25) is 0 Å². The van der Waals surface area contributed by atoms with Gasteiger partial charge in [-0.25, -0.2) is 0 Å². The van der Waals surface area contributed by atoms with Gasteiger partial charge in [-0.1, -0.05) is 12.2 Å². The van der Waals surface area contributed by atoms with Gasteiger partial charge in [0.05, 0.1) is 29.8 Å². The number of aromatic nitrogens is 2. The standard InChI is InChI=1S/C17H17FN2O/c1-2-4-12-9-16-17(19-11-12)14-6-5-13(10-15(14)20-16)21-8-3-7-18/h2,4-6,9-11,20H,3,7-8H2,1H3/b4-2+. The van der Waals surface area contributed by atoms with E-state index in [9.17, 15) is 4.39 Å². The van der Waals surface area contributed by atoms with Crippen molar-refractivity contribution in [2.24, 2.45) is 0 Å². The maximum absolute atomic E-state index is 12.1. The predicted octanol–water partition coefficient (Wildman–Crippen LogP) is 4.49. The van der Waals surface area contributed by atoms with Gasteiger partial charge >= 0.3 is 0 Å². The summed E-state index contributed by atoms with van der Waals surface area (Å²) in [5, 5.41) is 1.06. The molecule has 3 aromatic rings. The molecule has 21 heavy (non-hydrogen) atoms. The van der Waals surface area contributed by atoms with E-state index in [-0.39, 0.29) is 6.67 Å². The lowest BCUT2D eigenvalue weighted by Crippen LogP contribution is -1.97. The number of aromatic amines is 1. The number of rotatable bonds is 5. The Hall–Kier alpha value is -2.36. The van der Waals surface area contributed by atoms with E-state index >= 15 is 0 Å². The zero-order valence-electron chi connectivity index (χ0n) is 11.9. The second kappa shape index (κ2) is 5.95. The number of benzene rings is 1. The summed E-state index contributed by atoms with van der Waals surface area (Å²) in [6, 6.07) is 7.90. The molecule has 0 aliphatic carbocycles. The quantitative estimate of drug-likeness (QED) is 0.701. The second-order valence-electron chi connectivity index (χ2n) is 4.89. The fourth-order valence-corrected chi connectivity index (χ4v) is 2.39. The molecule has 3 nitrogen and oxygen atoms in total. The summed E-state index contributed by atoms with van der Waals surface area (Å²) in [4.78, 5) is 7.88. The Bertz CT molecular complexity index is 792. The van der Waals surface area contributed by atoms with Gasteiger partial charge in [0, 0.05) is 24.1 Å². The summed E-state index contributed by atoms with van der Waals surface area (Å²) >= 11 is 0. The molecule has 0 radical (unpaired) electrons. The molecule has 0 atom stereocenters. The van der Waals surface area contributed by atoms with Gasteiger partial charge < -0.3 is 9.72 Å². The van der Waals surface area contributed by atoms with Gasteiger partial charge in [0.1, 0.15) is 5.75 Å². The summed E-state index contributed by atoms with van der Waals surface area (Å²) in [5.41, 5.74) is 4.00. The molecular weight excluding hydrogens is 267 g/mol. The van der Waals surface area contributed by atoms with Gasteiger partial charge in [0.25, 0.3) is 0 Å². The molecule has 0 saturated heterocycles. The second-order valence-corrected chi connectivity index (χ2v) is 4.89. The predicted molar refractivity (Wildman–Crippen MR) is 84.4 cm³/mol. The van der Waals surface area contributed by atoms with Crippen molar-refractivity contribution in [1.29, 1.82) is 0 Å². The van der Waals surface area contributed by atoms with Crippen LogP contribution in [0.25, 0.3) is 28.0 Å². The van der Waals surface area contributed by atoms with E-state index in [4.69, 9.17) is 4.74 Å². The molecule has 0 unspecified atom stereocenters. The van der Waals surface area contributed by atoms with E-state index in [1.165, 1.54) is 0 Å². The van der Waals surface area contributed by atoms with E-state index in [1.807, 2.05) is 43.5 Å². The van der Waals surface area contributed by atoms with Crippen molar-refractivity contribution in [3.63, 3.8) is 0 Å². The fourth-order valence-electron chi connectivity index (χ4n) is 2.39. The number of ether oxygens (including phenoxy) is 1. The molecule has 0 aliphatic rings. The molecule has 2 heterocycles. The molecule has 0 spiro atoms. The third-order valence-electron chi connectivity index (χ3n) is 3.33. The number of pyridine rings is 1. The summed E-state index contributed by atoms with van der Waals surface area (Å²) in [6.45, 7) is 2.02. The molecule has 0 fully saturated rings. The number of alkyl halides is 1. The summed E-state index contributed by atoms with van der Waals surface area (Å²) < 4.78 is 17.6. The molecule has 0 saturated carbocycles. The number of fused-ring (bicyclic) bond motifs is 3. The summed E-state index contributed by atoms with van der Waals surface area (Å²) in [5.74, 6) is 0.746. The number of nitrogens with one attached hydrogen (secondary N) is 1. The van der Waals surface area contributed by atoms with E-state index in [0.29, 0.717) is 13.0 Å². The molecule has 4 heteroatoms. The zero-order valence-corrected chi connectivity index (χ0v) is 11.9. The monoisotopic (exact) mass is 284 g/mol. The van der Waals surface area contributed by atoms with E-state index < -0.39 is 0 Å². The van der Waals surface area contributed by atoms with E-state index in [1.54, 1.807) is 0 Å². The van der Waals surface area contributed by atoms with Gasteiger partial charge in [-0.3, -0.25) is 9.37 Å². The van der Waals surface area contributed by atoms with Crippen LogP contribution in [0.5, 0.6) is 5.75 Å². The van der Waals surface area contributed by atoms with Crippen LogP contribution in [0.4, 0.5) is 4.39 Å². The third kappa shape index (κ3) is 2.75. The zero-order chi connectivity index (χ0) is 14.7. The van der Waals surface area contributed by atoms with Gasteiger partial charge in [-0.05, 0) is 30.7 Å². The first kappa shape index (κ1) is 13.6. The molecule has 0 aliphatic heterocycles. The van der Waals surface area contributed by atoms with Crippen LogP contribution in [0, 0.1) is 0 Å². The Labute approximate surface area is 122 Å². The summed E-state index contributed by atoms with van der Waals surface area (Å²) in [7, 11) is 0. The van der Waals surface area contributed by atoms with E-state index in [0.717, 1.165) is 33.2 Å². The molecule has 108 valence electrons. The van der Waals surface area contributed by atoms with Crippen LogP contribution in [0.2, 0.25) is 0 Å². The Balaban J connectivity index is 1.99. The van der Waals surface area contributed by atoms with Crippen LogP contribution >= 0.6 is 0 Å². The molecular formula is C17H17FN2O. The average Bonchev–Trinajstić information content (AvgIpc) is 2.84. The van der Waals surface area contributed by atoms with Crippen molar-refractivity contribution in [2.45, 2.75) is 13.3 Å². The topological polar surface area (TPSA) is 37.9 Å². The first-order chi connectivity index (χ1) is 10.3. The van der Waals surface area contributed by atoms with E-state index in [2.05, 4.69) is 16.0 Å². The minimum absolute atomic E-state index is 0.355. The van der Waals surface area contributed by atoms with Crippen LogP contribution in [-0.4, -0.2) is 23.2 Å². The maximum atomic E-state index is 12.1. The molecule has 0 amide bonds. The highest BCUT2D eigenvalue weighted by molar-refractivity contribution is 6.05. The lowest BCUT2D eigenvalue weighted by atomic mass is 10.2. The lowest BCUT2D eigenvalue weighted by molar-refractivity contribution is 0.290. The maximum Gasteiger partial charge on any atom is 0.121 e. The van der Waals surface area contributed by atoms with Crippen molar-refractivity contribution < 1.29 is 9.13 Å². The minimum atomic E-state index is -0.355. The van der Waals surface area contributed by atoms with Crippen molar-refractivity contribution in [2.75, 3.05) is 13.3 Å². The van der Waals surface area contributed by atoms with Crippen LogP contribution in [0.15, 0.2) is 36.5 Å². The fraction of sp³-hybridized carbons (Fsp3) is 0.235. The first-order valence-electron chi connectivity index (χ1n) is 7.05. The summed E-state index contributed by atoms with van der Waals surface area (Å²) in [6.07, 6.45) is 6.28. The highest BCUT2D eigenvalue weighted by Crippen LogP contribution is 2.27. The van der Waals surface area contributed by atoms with Crippen molar-refractivity contribution in [3.8, 4) is 5.75 Å². The van der Waals surface area contributed by atoms with Crippen LogP contribution in [0.1, 0.15) is 18.9 Å². The molecule has 1 N–H and O–H groups in total. The number of nitrogens with zero attached hydrogens (tertiary/aromatic N) is 1. The van der Waals surface area contributed by atoms with Crippen LogP contribution in [0.3, 0.4) is 0 Å². The number of halogens is 1. The minimum Gasteiger partial charge on any atom is -0.493 e. The number of allylic oxidation sites excluding steroid dienone is 1.